The van der Waals surface area contributed by atoms with Crippen LogP contribution in [0.5, 0.6) is 5.75 Å². The average Bonchev–Trinajstić information content (AvgIpc) is 3.24. The highest BCUT2D eigenvalue weighted by atomic mass is 32.2. The number of rotatable bonds is 7. The van der Waals surface area contributed by atoms with Gasteiger partial charge in [0.2, 0.25) is 0 Å². The Bertz CT molecular complexity index is 1170. The maximum atomic E-state index is 12.5. The number of carbonyl (C=O) groups is 1. The van der Waals surface area contributed by atoms with Crippen molar-refractivity contribution in [1.82, 2.24) is 19.6 Å². The highest BCUT2D eigenvalue weighted by Gasteiger charge is 2.10. The summed E-state index contributed by atoms with van der Waals surface area (Å²) in [7, 11) is 1.58. The predicted molar refractivity (Wildman–Crippen MR) is 116 cm³/mol. The molecule has 0 saturated carbocycles. The van der Waals surface area contributed by atoms with Gasteiger partial charge in [-0.05, 0) is 55.0 Å². The first-order valence-electron chi connectivity index (χ1n) is 9.59. The Balaban J connectivity index is 1.49. The van der Waals surface area contributed by atoms with Gasteiger partial charge in [-0.15, -0.1) is 0 Å². The van der Waals surface area contributed by atoms with Gasteiger partial charge in [0.1, 0.15) is 17.1 Å². The molecule has 0 aliphatic rings. The van der Waals surface area contributed by atoms with Crippen LogP contribution in [-0.4, -0.2) is 32.6 Å². The van der Waals surface area contributed by atoms with E-state index in [4.69, 9.17) is 4.74 Å². The van der Waals surface area contributed by atoms with E-state index < -0.39 is 0 Å². The Hall–Kier alpha value is -3.39. The number of nitrogens with one attached hydrogen (secondary N) is 1. The van der Waals surface area contributed by atoms with Crippen LogP contribution in [0.1, 0.15) is 29.4 Å². The molecule has 7 nitrogen and oxygen atoms in total. The van der Waals surface area contributed by atoms with E-state index >= 15 is 0 Å². The van der Waals surface area contributed by atoms with Crippen molar-refractivity contribution in [3.63, 3.8) is 0 Å². The number of anilines is 1. The van der Waals surface area contributed by atoms with E-state index in [-0.39, 0.29) is 5.91 Å². The molecular formula is C22H21N5O2S. The molecule has 0 atom stereocenters. The van der Waals surface area contributed by atoms with Crippen LogP contribution in [-0.2, 0) is 6.42 Å². The Kier molecular flexibility index (Phi) is 5.94. The molecule has 2 aromatic heterocycles. The summed E-state index contributed by atoms with van der Waals surface area (Å²) in [4.78, 5) is 22.3. The molecule has 0 fully saturated rings. The van der Waals surface area contributed by atoms with Crippen molar-refractivity contribution in [1.29, 1.82) is 0 Å². The van der Waals surface area contributed by atoms with Gasteiger partial charge in [-0.25, -0.2) is 4.98 Å². The maximum absolute atomic E-state index is 12.5. The zero-order chi connectivity index (χ0) is 20.9. The number of amides is 1. The number of hydrogen-bond donors (Lipinski definition) is 1. The third-order valence-corrected chi connectivity index (χ3v) is 5.45. The van der Waals surface area contributed by atoms with E-state index in [0.29, 0.717) is 17.1 Å². The van der Waals surface area contributed by atoms with E-state index in [9.17, 15) is 4.79 Å². The van der Waals surface area contributed by atoms with Gasteiger partial charge in [-0.3, -0.25) is 4.79 Å². The first kappa shape index (κ1) is 19.9. The third kappa shape index (κ3) is 4.44. The van der Waals surface area contributed by atoms with Crippen molar-refractivity contribution in [3.05, 3.63) is 72.2 Å². The van der Waals surface area contributed by atoms with Gasteiger partial charge < -0.3 is 10.1 Å². The van der Waals surface area contributed by atoms with Crippen molar-refractivity contribution < 1.29 is 9.53 Å². The summed E-state index contributed by atoms with van der Waals surface area (Å²) in [5, 5.41) is 8.14. The fraction of sp³-hybridized carbons (Fsp3) is 0.182. The quantitative estimate of drug-likeness (QED) is 0.445. The number of fused-ring (bicyclic) bond motifs is 1. The molecule has 0 aliphatic heterocycles. The largest absolute Gasteiger partial charge is 0.497 e. The molecule has 2 aromatic carbocycles. The number of hydrogen-bond acceptors (Lipinski definition) is 6. The van der Waals surface area contributed by atoms with Gasteiger partial charge in [0, 0.05) is 21.8 Å². The number of aromatic nitrogens is 4. The lowest BCUT2D eigenvalue weighted by atomic mass is 10.2. The highest BCUT2D eigenvalue weighted by Crippen LogP contribution is 2.29. The number of benzene rings is 2. The molecule has 152 valence electrons. The molecule has 0 aliphatic carbocycles. The minimum atomic E-state index is -0.183. The number of carbonyl (C=O) groups excluding carboxylic acids is 1. The van der Waals surface area contributed by atoms with Crippen molar-refractivity contribution in [2.75, 3.05) is 12.4 Å². The summed E-state index contributed by atoms with van der Waals surface area (Å²) < 4.78 is 6.92. The predicted octanol–water partition coefficient (Wildman–Crippen LogP) is 4.49. The first-order chi connectivity index (χ1) is 14.7. The Morgan fingerprint density at radius 1 is 1.17 bits per heavy atom. The second kappa shape index (κ2) is 8.96. The summed E-state index contributed by atoms with van der Waals surface area (Å²) in [6, 6.07) is 16.8. The van der Waals surface area contributed by atoms with Crippen molar-refractivity contribution >= 4 is 29.1 Å². The maximum Gasteiger partial charge on any atom is 0.255 e. The summed E-state index contributed by atoms with van der Waals surface area (Å²) in [6.07, 6.45) is 3.43. The molecule has 0 saturated heterocycles. The second-order valence-electron chi connectivity index (χ2n) is 6.62. The molecule has 0 radical (unpaired) electrons. The monoisotopic (exact) mass is 419 g/mol. The fourth-order valence-electron chi connectivity index (χ4n) is 2.98. The van der Waals surface area contributed by atoms with E-state index in [2.05, 4.69) is 27.3 Å². The summed E-state index contributed by atoms with van der Waals surface area (Å²) in [6.45, 7) is 2.13. The van der Waals surface area contributed by atoms with Gasteiger partial charge in [0.05, 0.1) is 7.11 Å². The molecule has 1 N–H and O–H groups in total. The second-order valence-corrected chi connectivity index (χ2v) is 7.71. The van der Waals surface area contributed by atoms with E-state index in [1.165, 1.54) is 6.33 Å². The number of nitrogens with zero attached hydrogens (tertiary/aromatic N) is 4. The minimum absolute atomic E-state index is 0.183. The number of aryl methyl sites for hydroxylation is 1. The van der Waals surface area contributed by atoms with Crippen LogP contribution in [0, 0.1) is 0 Å². The molecule has 1 amide bonds. The molecule has 0 bridgehead atoms. The van der Waals surface area contributed by atoms with Crippen LogP contribution < -0.4 is 10.1 Å². The van der Waals surface area contributed by atoms with E-state index in [0.717, 1.165) is 34.1 Å². The molecule has 4 rings (SSSR count). The minimum Gasteiger partial charge on any atom is -0.497 e. The molecule has 0 spiro atoms. The number of ether oxygens (including phenoxy) is 1. The van der Waals surface area contributed by atoms with Crippen LogP contribution in [0.2, 0.25) is 0 Å². The summed E-state index contributed by atoms with van der Waals surface area (Å²) in [5.74, 6) is 1.07. The van der Waals surface area contributed by atoms with Gasteiger partial charge in [-0.1, -0.05) is 31.2 Å². The van der Waals surface area contributed by atoms with E-state index in [1.54, 1.807) is 47.7 Å². The fourth-order valence-corrected chi connectivity index (χ4v) is 3.91. The molecular weight excluding hydrogens is 398 g/mol. The van der Waals surface area contributed by atoms with Crippen LogP contribution in [0.15, 0.2) is 70.8 Å². The molecule has 2 heterocycles. The van der Waals surface area contributed by atoms with Gasteiger partial charge in [0.15, 0.2) is 0 Å². The van der Waals surface area contributed by atoms with Crippen LogP contribution in [0.4, 0.5) is 5.69 Å². The van der Waals surface area contributed by atoms with E-state index in [1.807, 2.05) is 30.3 Å². The topological polar surface area (TPSA) is 81.4 Å². The summed E-state index contributed by atoms with van der Waals surface area (Å²) >= 11 is 1.58. The lowest BCUT2D eigenvalue weighted by Gasteiger charge is -2.09. The van der Waals surface area contributed by atoms with Crippen molar-refractivity contribution in [3.8, 4) is 5.75 Å². The lowest BCUT2D eigenvalue weighted by Crippen LogP contribution is -2.11. The molecule has 0 unspecified atom stereocenters. The molecule has 30 heavy (non-hydrogen) atoms. The van der Waals surface area contributed by atoms with Crippen LogP contribution in [0.25, 0.3) is 5.78 Å². The number of methoxy groups -OCH3 is 1. The van der Waals surface area contributed by atoms with Gasteiger partial charge in [0.25, 0.3) is 11.7 Å². The van der Waals surface area contributed by atoms with Crippen LogP contribution >= 0.6 is 11.8 Å². The lowest BCUT2D eigenvalue weighted by molar-refractivity contribution is 0.102. The Morgan fingerprint density at radius 3 is 2.77 bits per heavy atom. The van der Waals surface area contributed by atoms with Crippen molar-refractivity contribution in [2.45, 2.75) is 29.7 Å². The Labute approximate surface area is 178 Å². The Morgan fingerprint density at radius 2 is 2.00 bits per heavy atom. The normalized spacial score (nSPS) is 10.9. The van der Waals surface area contributed by atoms with Gasteiger partial charge in [-0.2, -0.15) is 14.6 Å². The SMILES string of the molecule is CCCc1cc(Sc2ccc(NC(=O)c3cccc(OC)c3)cc2)n2ncnc2n1. The third-order valence-electron chi connectivity index (χ3n) is 4.44. The molecule has 4 aromatic rings. The van der Waals surface area contributed by atoms with Gasteiger partial charge >= 0.3 is 0 Å². The van der Waals surface area contributed by atoms with Crippen LogP contribution in [0.3, 0.4) is 0 Å². The highest BCUT2D eigenvalue weighted by molar-refractivity contribution is 7.99. The molecule has 8 heteroatoms. The standard InChI is InChI=1S/C22H21N5O2S/c1-3-5-17-13-20(27-22(26-17)23-14-24-27)30-19-10-8-16(9-11-19)25-21(28)15-6-4-7-18(12-15)29-2/h4,6-14H,3,5H2,1-2H3,(H,25,28). The summed E-state index contributed by atoms with van der Waals surface area (Å²) in [5.41, 5.74) is 2.27. The zero-order valence-electron chi connectivity index (χ0n) is 16.7. The smallest absolute Gasteiger partial charge is 0.255 e. The first-order valence-corrected chi connectivity index (χ1v) is 10.4. The average molecular weight is 420 g/mol. The zero-order valence-corrected chi connectivity index (χ0v) is 17.5. The van der Waals surface area contributed by atoms with Crippen molar-refractivity contribution in [2.24, 2.45) is 0 Å².